The van der Waals surface area contributed by atoms with Crippen molar-refractivity contribution >= 4 is 27.9 Å². The van der Waals surface area contributed by atoms with Gasteiger partial charge < -0.3 is 5.32 Å². The Bertz CT molecular complexity index is 887. The number of tetrazole rings is 1. The Hall–Kier alpha value is -3.14. The Morgan fingerprint density at radius 2 is 2.17 bits per heavy atom. The van der Waals surface area contributed by atoms with Crippen LogP contribution in [0.5, 0.6) is 0 Å². The van der Waals surface area contributed by atoms with Gasteiger partial charge in [-0.2, -0.15) is 0 Å². The summed E-state index contributed by atoms with van der Waals surface area (Å²) in [6.45, 7) is 0. The summed E-state index contributed by atoms with van der Waals surface area (Å²) in [4.78, 5) is 22.6. The normalized spacial score (nSPS) is 10.5. The number of thiophene rings is 1. The quantitative estimate of drug-likeness (QED) is 0.578. The molecule has 0 saturated carbocycles. The Morgan fingerprint density at radius 3 is 2.83 bits per heavy atom. The molecule has 116 valence electrons. The first-order valence-electron chi connectivity index (χ1n) is 6.43. The molecule has 23 heavy (non-hydrogen) atoms. The van der Waals surface area contributed by atoms with Gasteiger partial charge in [0.15, 0.2) is 5.82 Å². The lowest BCUT2D eigenvalue weighted by molar-refractivity contribution is -0.380. The molecule has 0 bridgehead atoms. The lowest BCUT2D eigenvalue weighted by atomic mass is 10.2. The third kappa shape index (κ3) is 3.06. The summed E-state index contributed by atoms with van der Waals surface area (Å²) in [6.07, 6.45) is 0. The molecule has 0 aliphatic rings. The molecule has 0 atom stereocenters. The van der Waals surface area contributed by atoms with E-state index in [1.807, 2.05) is 6.07 Å². The summed E-state index contributed by atoms with van der Waals surface area (Å²) in [5.41, 5.74) is 1.29. The van der Waals surface area contributed by atoms with Crippen molar-refractivity contribution in [1.29, 1.82) is 0 Å². The standard InChI is InChI=1S/C13H10N6O3S/c1-18-12(15-16-17-18)8-3-2-4-9(7-8)14-13(20)10-5-6-11(23-10)19(21)22/h2-7H,1H3,(H,14,20). The first kappa shape index (κ1) is 14.8. The Balaban J connectivity index is 1.81. The van der Waals surface area contributed by atoms with Gasteiger partial charge in [-0.15, -0.1) is 5.10 Å². The van der Waals surface area contributed by atoms with Gasteiger partial charge in [-0.1, -0.05) is 23.5 Å². The zero-order valence-corrected chi connectivity index (χ0v) is 12.6. The molecule has 1 amide bonds. The van der Waals surface area contributed by atoms with Gasteiger partial charge in [-0.25, -0.2) is 4.68 Å². The van der Waals surface area contributed by atoms with E-state index >= 15 is 0 Å². The van der Waals surface area contributed by atoms with E-state index in [0.29, 0.717) is 11.5 Å². The van der Waals surface area contributed by atoms with Crippen molar-refractivity contribution in [2.24, 2.45) is 7.05 Å². The molecule has 0 aliphatic carbocycles. The van der Waals surface area contributed by atoms with E-state index in [9.17, 15) is 14.9 Å². The largest absolute Gasteiger partial charge is 0.324 e. The first-order chi connectivity index (χ1) is 11.0. The van der Waals surface area contributed by atoms with Gasteiger partial charge in [0.05, 0.1) is 9.80 Å². The van der Waals surface area contributed by atoms with Gasteiger partial charge in [0.1, 0.15) is 0 Å². The molecular weight excluding hydrogens is 320 g/mol. The number of amides is 1. The van der Waals surface area contributed by atoms with Crippen molar-refractivity contribution in [2.45, 2.75) is 0 Å². The van der Waals surface area contributed by atoms with Crippen LogP contribution in [-0.2, 0) is 7.05 Å². The second kappa shape index (κ2) is 5.93. The van der Waals surface area contributed by atoms with Gasteiger partial charge in [0.2, 0.25) is 0 Å². The van der Waals surface area contributed by atoms with Crippen molar-refractivity contribution in [3.8, 4) is 11.4 Å². The number of carbonyl (C=O) groups is 1. The minimum Gasteiger partial charge on any atom is -0.321 e. The highest BCUT2D eigenvalue weighted by Crippen LogP contribution is 2.25. The maximum absolute atomic E-state index is 12.1. The van der Waals surface area contributed by atoms with Crippen LogP contribution in [0.4, 0.5) is 10.7 Å². The molecule has 0 radical (unpaired) electrons. The third-order valence-electron chi connectivity index (χ3n) is 2.99. The van der Waals surface area contributed by atoms with Crippen LogP contribution < -0.4 is 5.32 Å². The average Bonchev–Trinajstić information content (AvgIpc) is 3.16. The highest BCUT2D eigenvalue weighted by molar-refractivity contribution is 7.17. The SMILES string of the molecule is Cn1nnnc1-c1cccc(NC(=O)c2ccc([N+](=O)[O-])s2)c1. The van der Waals surface area contributed by atoms with E-state index in [1.165, 1.54) is 16.8 Å². The minimum absolute atomic E-state index is 0.0749. The van der Waals surface area contributed by atoms with Crippen LogP contribution in [0.1, 0.15) is 9.67 Å². The highest BCUT2D eigenvalue weighted by Gasteiger charge is 2.15. The van der Waals surface area contributed by atoms with Crippen LogP contribution in [0.25, 0.3) is 11.4 Å². The minimum atomic E-state index is -0.525. The molecular formula is C13H10N6O3S. The molecule has 9 nitrogen and oxygen atoms in total. The third-order valence-corrected chi connectivity index (χ3v) is 4.03. The second-order valence-electron chi connectivity index (χ2n) is 4.56. The van der Waals surface area contributed by atoms with E-state index in [2.05, 4.69) is 20.8 Å². The van der Waals surface area contributed by atoms with Gasteiger partial charge in [0, 0.05) is 24.4 Å². The monoisotopic (exact) mass is 330 g/mol. The molecule has 0 aliphatic heterocycles. The summed E-state index contributed by atoms with van der Waals surface area (Å²) in [6, 6.07) is 9.75. The van der Waals surface area contributed by atoms with Crippen molar-refractivity contribution < 1.29 is 9.72 Å². The number of nitro groups is 1. The molecule has 10 heteroatoms. The number of nitrogens with zero attached hydrogens (tertiary/aromatic N) is 5. The number of carbonyl (C=O) groups excluding carboxylic acids is 1. The zero-order valence-electron chi connectivity index (χ0n) is 11.8. The smallest absolute Gasteiger partial charge is 0.321 e. The summed E-state index contributed by atoms with van der Waals surface area (Å²) in [5, 5.41) is 24.5. The molecule has 2 heterocycles. The van der Waals surface area contributed by atoms with Gasteiger partial charge >= 0.3 is 5.00 Å². The van der Waals surface area contributed by atoms with Crippen molar-refractivity contribution in [3.63, 3.8) is 0 Å². The molecule has 2 aromatic heterocycles. The predicted molar refractivity (Wildman–Crippen MR) is 83.2 cm³/mol. The maximum atomic E-state index is 12.1. The fourth-order valence-corrected chi connectivity index (χ4v) is 2.67. The first-order valence-corrected chi connectivity index (χ1v) is 7.24. The summed E-state index contributed by atoms with van der Waals surface area (Å²) < 4.78 is 1.52. The maximum Gasteiger partial charge on any atom is 0.324 e. The van der Waals surface area contributed by atoms with Gasteiger partial charge in [-0.05, 0) is 28.6 Å². The van der Waals surface area contributed by atoms with Gasteiger partial charge in [0.25, 0.3) is 5.91 Å². The van der Waals surface area contributed by atoms with Crippen LogP contribution >= 0.6 is 11.3 Å². The number of nitrogens with one attached hydrogen (secondary N) is 1. The fourth-order valence-electron chi connectivity index (χ4n) is 1.95. The Labute approximate surface area is 133 Å². The van der Waals surface area contributed by atoms with E-state index in [-0.39, 0.29) is 9.88 Å². The number of hydrogen-bond acceptors (Lipinski definition) is 7. The van der Waals surface area contributed by atoms with E-state index in [1.54, 1.807) is 25.2 Å². The van der Waals surface area contributed by atoms with E-state index in [0.717, 1.165) is 16.9 Å². The predicted octanol–water partition coefficient (Wildman–Crippen LogP) is 2.10. The topological polar surface area (TPSA) is 116 Å². The van der Waals surface area contributed by atoms with Crippen molar-refractivity contribution in [3.05, 3.63) is 51.4 Å². The summed E-state index contributed by atoms with van der Waals surface area (Å²) in [7, 11) is 1.71. The lowest BCUT2D eigenvalue weighted by Gasteiger charge is -2.05. The van der Waals surface area contributed by atoms with Crippen LogP contribution in [0.15, 0.2) is 36.4 Å². The number of benzene rings is 1. The number of aryl methyl sites for hydroxylation is 1. The van der Waals surface area contributed by atoms with E-state index in [4.69, 9.17) is 0 Å². The number of hydrogen-bond donors (Lipinski definition) is 1. The molecule has 0 spiro atoms. The Morgan fingerprint density at radius 1 is 1.35 bits per heavy atom. The second-order valence-corrected chi connectivity index (χ2v) is 5.62. The van der Waals surface area contributed by atoms with Gasteiger partial charge in [-0.3, -0.25) is 14.9 Å². The average molecular weight is 330 g/mol. The lowest BCUT2D eigenvalue weighted by Crippen LogP contribution is -2.10. The molecule has 0 unspecified atom stereocenters. The molecule has 3 aromatic rings. The van der Waals surface area contributed by atoms with Crippen molar-refractivity contribution in [1.82, 2.24) is 20.2 Å². The number of aromatic nitrogens is 4. The molecule has 1 N–H and O–H groups in total. The molecule has 0 saturated heterocycles. The molecule has 1 aromatic carbocycles. The van der Waals surface area contributed by atoms with Crippen LogP contribution in [0, 0.1) is 10.1 Å². The molecule has 3 rings (SSSR count). The number of rotatable bonds is 4. The van der Waals surface area contributed by atoms with Crippen LogP contribution in [-0.4, -0.2) is 31.0 Å². The highest BCUT2D eigenvalue weighted by atomic mass is 32.1. The van der Waals surface area contributed by atoms with Crippen LogP contribution in [0.2, 0.25) is 0 Å². The molecule has 0 fully saturated rings. The number of anilines is 1. The van der Waals surface area contributed by atoms with E-state index < -0.39 is 10.8 Å². The fraction of sp³-hybridized carbons (Fsp3) is 0.0769. The van der Waals surface area contributed by atoms with Crippen LogP contribution in [0.3, 0.4) is 0 Å². The summed E-state index contributed by atoms with van der Waals surface area (Å²) in [5.74, 6) is 0.157. The zero-order chi connectivity index (χ0) is 16.4. The summed E-state index contributed by atoms with van der Waals surface area (Å²) >= 11 is 0.825. The van der Waals surface area contributed by atoms with Crippen molar-refractivity contribution in [2.75, 3.05) is 5.32 Å². The Kier molecular flexibility index (Phi) is 3.81.